The Hall–Kier alpha value is -0.610. The number of benzene rings is 1. The van der Waals surface area contributed by atoms with Gasteiger partial charge in [0.2, 0.25) is 0 Å². The van der Waals surface area contributed by atoms with Gasteiger partial charge >= 0.3 is 0 Å². The maximum absolute atomic E-state index is 13.2. The van der Waals surface area contributed by atoms with Crippen LogP contribution in [-0.4, -0.2) is 24.9 Å². The summed E-state index contributed by atoms with van der Waals surface area (Å²) in [4.78, 5) is 12.9. The number of rotatable bonds is 1. The van der Waals surface area contributed by atoms with Crippen LogP contribution in [0.3, 0.4) is 0 Å². The average molecular weight is 281 g/mol. The van der Waals surface area contributed by atoms with E-state index < -0.39 is 5.82 Å². The van der Waals surface area contributed by atoms with Gasteiger partial charge in [0, 0.05) is 19.1 Å². The summed E-state index contributed by atoms with van der Waals surface area (Å²) in [5, 5.41) is 0.205. The maximum atomic E-state index is 13.2. The number of carbonyl (C=O) groups excluding carboxylic acids is 1. The smallest absolute Gasteiger partial charge is 0.254 e. The molecule has 0 unspecified atom stereocenters. The molecule has 76 valence electrons. The van der Waals surface area contributed by atoms with Crippen LogP contribution in [0.2, 0.25) is 5.02 Å². The zero-order chi connectivity index (χ0) is 10.9. The van der Waals surface area contributed by atoms with E-state index in [-0.39, 0.29) is 21.0 Å². The molecule has 0 bridgehead atoms. The second kappa shape index (κ2) is 4.28. The van der Waals surface area contributed by atoms with Crippen LogP contribution < -0.4 is 0 Å². The van der Waals surface area contributed by atoms with Crippen LogP contribution in [0.4, 0.5) is 4.39 Å². The molecule has 0 saturated heterocycles. The third-order valence-corrected chi connectivity index (χ3v) is 2.65. The molecule has 0 saturated carbocycles. The van der Waals surface area contributed by atoms with Gasteiger partial charge in [-0.2, -0.15) is 0 Å². The highest BCUT2D eigenvalue weighted by Crippen LogP contribution is 2.25. The summed E-state index contributed by atoms with van der Waals surface area (Å²) < 4.78 is 13.3. The summed E-state index contributed by atoms with van der Waals surface area (Å²) in [6, 6.07) is 2.58. The van der Waals surface area contributed by atoms with Crippen molar-refractivity contribution in [2.24, 2.45) is 0 Å². The highest BCUT2D eigenvalue weighted by Gasteiger charge is 2.16. The van der Waals surface area contributed by atoms with Crippen molar-refractivity contribution in [3.8, 4) is 0 Å². The predicted molar refractivity (Wildman–Crippen MR) is 57.1 cm³/mol. The van der Waals surface area contributed by atoms with E-state index in [1.165, 1.54) is 11.0 Å². The molecule has 1 amide bonds. The number of nitrogens with zero attached hydrogens (tertiary/aromatic N) is 1. The molecule has 0 aromatic heterocycles. The lowest BCUT2D eigenvalue weighted by Crippen LogP contribution is -2.22. The number of hydrogen-bond acceptors (Lipinski definition) is 1. The monoisotopic (exact) mass is 279 g/mol. The van der Waals surface area contributed by atoms with E-state index in [1.54, 1.807) is 14.1 Å². The molecular weight excluding hydrogens is 272 g/mol. The van der Waals surface area contributed by atoms with Crippen molar-refractivity contribution in [3.63, 3.8) is 0 Å². The van der Waals surface area contributed by atoms with Gasteiger partial charge in [-0.15, -0.1) is 0 Å². The summed E-state index contributed by atoms with van der Waals surface area (Å²) in [7, 11) is 3.18. The Kier molecular flexibility index (Phi) is 3.50. The quantitative estimate of drug-likeness (QED) is 0.724. The van der Waals surface area contributed by atoms with E-state index in [0.717, 1.165) is 6.07 Å². The Bertz CT molecular complexity index is 381. The Morgan fingerprint density at radius 3 is 2.57 bits per heavy atom. The molecule has 0 atom stereocenters. The van der Waals surface area contributed by atoms with E-state index in [1.807, 2.05) is 0 Å². The molecule has 1 aromatic carbocycles. The van der Waals surface area contributed by atoms with Crippen molar-refractivity contribution in [3.05, 3.63) is 33.0 Å². The van der Waals surface area contributed by atoms with Gasteiger partial charge in [-0.25, -0.2) is 4.39 Å². The molecular formula is C9H8BrClFNO. The second-order valence-corrected chi connectivity index (χ2v) is 4.18. The molecule has 0 aliphatic rings. The van der Waals surface area contributed by atoms with Gasteiger partial charge < -0.3 is 4.90 Å². The molecule has 14 heavy (non-hydrogen) atoms. The molecule has 0 heterocycles. The predicted octanol–water partition coefficient (Wildman–Crippen LogP) is 2.94. The minimum absolute atomic E-state index is 0.139. The average Bonchev–Trinajstić information content (AvgIpc) is 2.09. The lowest BCUT2D eigenvalue weighted by Gasteiger charge is -2.12. The summed E-state index contributed by atoms with van der Waals surface area (Å²) in [6.45, 7) is 0. The van der Waals surface area contributed by atoms with Gasteiger partial charge in [0.15, 0.2) is 0 Å². The van der Waals surface area contributed by atoms with Crippen molar-refractivity contribution >= 4 is 33.4 Å². The first-order chi connectivity index (χ1) is 6.43. The van der Waals surface area contributed by atoms with E-state index in [0.29, 0.717) is 0 Å². The van der Waals surface area contributed by atoms with Crippen molar-refractivity contribution in [2.75, 3.05) is 14.1 Å². The number of carbonyl (C=O) groups is 1. The fraction of sp³-hybridized carbons (Fsp3) is 0.222. The van der Waals surface area contributed by atoms with Crippen molar-refractivity contribution in [1.82, 2.24) is 4.90 Å². The maximum Gasteiger partial charge on any atom is 0.254 e. The van der Waals surface area contributed by atoms with Gasteiger partial charge in [0.1, 0.15) is 5.82 Å². The van der Waals surface area contributed by atoms with Crippen molar-refractivity contribution in [2.45, 2.75) is 0 Å². The first-order valence-electron chi connectivity index (χ1n) is 3.79. The third kappa shape index (κ3) is 2.25. The molecule has 1 rings (SSSR count). The van der Waals surface area contributed by atoms with E-state index in [4.69, 9.17) is 11.6 Å². The SMILES string of the molecule is CN(C)C(=O)c1cc(Cl)cc(F)c1Br. The third-order valence-electron chi connectivity index (χ3n) is 1.63. The second-order valence-electron chi connectivity index (χ2n) is 2.95. The minimum atomic E-state index is -0.539. The molecule has 5 heteroatoms. The summed E-state index contributed by atoms with van der Waals surface area (Å²) in [5.74, 6) is -0.832. The van der Waals surface area contributed by atoms with Crippen LogP contribution in [-0.2, 0) is 0 Å². The van der Waals surface area contributed by atoms with Crippen molar-refractivity contribution in [1.29, 1.82) is 0 Å². The molecule has 2 nitrogen and oxygen atoms in total. The highest BCUT2D eigenvalue weighted by molar-refractivity contribution is 9.10. The largest absolute Gasteiger partial charge is 0.345 e. The first kappa shape index (κ1) is 11.5. The number of amides is 1. The zero-order valence-electron chi connectivity index (χ0n) is 7.64. The van der Waals surface area contributed by atoms with Crippen LogP contribution in [0.25, 0.3) is 0 Å². The normalized spacial score (nSPS) is 10.1. The summed E-state index contributed by atoms with van der Waals surface area (Å²) in [5.41, 5.74) is 0.222. The fourth-order valence-electron chi connectivity index (χ4n) is 0.953. The molecule has 0 aliphatic heterocycles. The molecule has 0 radical (unpaired) electrons. The Morgan fingerprint density at radius 2 is 2.07 bits per heavy atom. The highest BCUT2D eigenvalue weighted by atomic mass is 79.9. The van der Waals surface area contributed by atoms with Crippen molar-refractivity contribution < 1.29 is 9.18 Å². The van der Waals surface area contributed by atoms with Crippen LogP contribution in [0.1, 0.15) is 10.4 Å². The Balaban J connectivity index is 3.27. The summed E-state index contributed by atoms with van der Waals surface area (Å²) in [6.07, 6.45) is 0. The molecule has 0 fully saturated rings. The molecule has 0 spiro atoms. The van der Waals surface area contributed by atoms with Gasteiger partial charge in [-0.1, -0.05) is 11.6 Å². The Labute approximate surface area is 94.8 Å². The van der Waals surface area contributed by atoms with Crippen LogP contribution in [0, 0.1) is 5.82 Å². The van der Waals surface area contributed by atoms with E-state index >= 15 is 0 Å². The van der Waals surface area contributed by atoms with E-state index in [9.17, 15) is 9.18 Å². The molecule has 0 N–H and O–H groups in total. The number of hydrogen-bond donors (Lipinski definition) is 0. The fourth-order valence-corrected chi connectivity index (χ4v) is 1.56. The Morgan fingerprint density at radius 1 is 1.50 bits per heavy atom. The molecule has 1 aromatic rings. The first-order valence-corrected chi connectivity index (χ1v) is 4.96. The van der Waals surface area contributed by atoms with Crippen LogP contribution in [0.15, 0.2) is 16.6 Å². The van der Waals surface area contributed by atoms with Crippen LogP contribution >= 0.6 is 27.5 Å². The standard InChI is InChI=1S/C9H8BrClFNO/c1-13(2)9(14)6-3-5(11)4-7(12)8(6)10/h3-4H,1-2H3. The minimum Gasteiger partial charge on any atom is -0.345 e. The van der Waals surface area contributed by atoms with Gasteiger partial charge in [-0.05, 0) is 28.1 Å². The topological polar surface area (TPSA) is 20.3 Å². The lowest BCUT2D eigenvalue weighted by atomic mass is 10.2. The lowest BCUT2D eigenvalue weighted by molar-refractivity contribution is 0.0826. The van der Waals surface area contributed by atoms with Crippen LogP contribution in [0.5, 0.6) is 0 Å². The molecule has 0 aliphatic carbocycles. The van der Waals surface area contributed by atoms with E-state index in [2.05, 4.69) is 15.9 Å². The number of halogens is 3. The summed E-state index contributed by atoms with van der Waals surface area (Å²) >= 11 is 8.64. The van der Waals surface area contributed by atoms with Gasteiger partial charge in [-0.3, -0.25) is 4.79 Å². The zero-order valence-corrected chi connectivity index (χ0v) is 9.99. The van der Waals surface area contributed by atoms with Gasteiger partial charge in [0.25, 0.3) is 5.91 Å². The van der Waals surface area contributed by atoms with Gasteiger partial charge in [0.05, 0.1) is 10.0 Å².